The molecule has 30 heavy (non-hydrogen) atoms. The highest BCUT2D eigenvalue weighted by molar-refractivity contribution is 5.85. The number of aromatic nitrogens is 1. The van der Waals surface area contributed by atoms with Gasteiger partial charge in [-0.15, -0.1) is 0 Å². The molecular formula is C25H37N3O2. The highest BCUT2D eigenvalue weighted by Crippen LogP contribution is 2.29. The lowest BCUT2D eigenvalue weighted by Gasteiger charge is -2.37. The second-order valence-electron chi connectivity index (χ2n) is 9.15. The fourth-order valence-corrected chi connectivity index (χ4v) is 4.26. The maximum absolute atomic E-state index is 11.8. The topological polar surface area (TPSA) is 54.5 Å². The molecule has 1 N–H and O–H groups in total. The summed E-state index contributed by atoms with van der Waals surface area (Å²) in [6.45, 7) is 11.1. The number of carbonyl (C=O) groups is 1. The van der Waals surface area contributed by atoms with Crippen LogP contribution in [0.25, 0.3) is 10.9 Å². The summed E-state index contributed by atoms with van der Waals surface area (Å²) in [5.41, 5.74) is 2.08. The van der Waals surface area contributed by atoms with Crippen LogP contribution in [-0.4, -0.2) is 47.1 Å². The van der Waals surface area contributed by atoms with Crippen LogP contribution in [0.2, 0.25) is 0 Å². The number of amides is 1. The summed E-state index contributed by atoms with van der Waals surface area (Å²) in [4.78, 5) is 18.8. The van der Waals surface area contributed by atoms with Gasteiger partial charge in [-0.1, -0.05) is 26.3 Å². The van der Waals surface area contributed by atoms with E-state index < -0.39 is 0 Å². The SMILES string of the molecule is CCCCc1cc(OC2CCN(CC(C)(C)NC(=O)CC)CC2)c2ncccc2c1. The van der Waals surface area contributed by atoms with Crippen molar-refractivity contribution < 1.29 is 9.53 Å². The van der Waals surface area contributed by atoms with E-state index in [1.54, 1.807) is 0 Å². The summed E-state index contributed by atoms with van der Waals surface area (Å²) < 4.78 is 6.49. The molecule has 1 amide bonds. The molecule has 2 aromatic rings. The molecule has 2 heterocycles. The Hall–Kier alpha value is -2.14. The number of carbonyl (C=O) groups excluding carboxylic acids is 1. The molecule has 1 aliphatic heterocycles. The van der Waals surface area contributed by atoms with Crippen LogP contribution in [0, 0.1) is 0 Å². The normalized spacial score (nSPS) is 16.0. The summed E-state index contributed by atoms with van der Waals surface area (Å²) in [5, 5.41) is 4.29. The minimum atomic E-state index is -0.214. The maximum atomic E-state index is 11.8. The molecule has 3 rings (SSSR count). The van der Waals surface area contributed by atoms with Crippen molar-refractivity contribution in [2.45, 2.75) is 77.9 Å². The zero-order chi connectivity index (χ0) is 21.6. The molecule has 1 fully saturated rings. The number of hydrogen-bond acceptors (Lipinski definition) is 4. The summed E-state index contributed by atoms with van der Waals surface area (Å²) in [7, 11) is 0. The van der Waals surface area contributed by atoms with E-state index in [2.05, 4.69) is 54.2 Å². The molecule has 1 saturated heterocycles. The second-order valence-corrected chi connectivity index (χ2v) is 9.15. The van der Waals surface area contributed by atoms with Gasteiger partial charge in [-0.25, -0.2) is 0 Å². The number of likely N-dealkylation sites (tertiary alicyclic amines) is 1. The summed E-state index contributed by atoms with van der Waals surface area (Å²) >= 11 is 0. The van der Waals surface area contributed by atoms with E-state index in [0.29, 0.717) is 6.42 Å². The van der Waals surface area contributed by atoms with Gasteiger partial charge in [0.1, 0.15) is 17.4 Å². The number of fused-ring (bicyclic) bond motifs is 1. The van der Waals surface area contributed by atoms with E-state index in [9.17, 15) is 4.79 Å². The minimum Gasteiger partial charge on any atom is -0.488 e. The van der Waals surface area contributed by atoms with Crippen LogP contribution < -0.4 is 10.1 Å². The third-order valence-corrected chi connectivity index (χ3v) is 5.79. The second kappa shape index (κ2) is 10.3. The highest BCUT2D eigenvalue weighted by atomic mass is 16.5. The fraction of sp³-hybridized carbons (Fsp3) is 0.600. The standard InChI is InChI=1S/C25H37N3O2/c1-5-7-9-19-16-20-10-8-13-26-24(20)22(17-19)30-21-11-14-28(15-12-21)18-25(3,4)27-23(29)6-2/h8,10,13,16-17,21H,5-7,9,11-12,14-15,18H2,1-4H3,(H,27,29). The zero-order valence-electron chi connectivity index (χ0n) is 19.0. The maximum Gasteiger partial charge on any atom is 0.220 e. The van der Waals surface area contributed by atoms with Crippen LogP contribution in [-0.2, 0) is 11.2 Å². The van der Waals surface area contributed by atoms with Gasteiger partial charge in [-0.05, 0) is 63.3 Å². The molecular weight excluding hydrogens is 374 g/mol. The van der Waals surface area contributed by atoms with Crippen LogP contribution >= 0.6 is 0 Å². The molecule has 0 radical (unpaired) electrons. The van der Waals surface area contributed by atoms with Gasteiger partial charge in [0.25, 0.3) is 0 Å². The van der Waals surface area contributed by atoms with E-state index in [0.717, 1.165) is 55.5 Å². The van der Waals surface area contributed by atoms with Gasteiger partial charge in [0, 0.05) is 43.2 Å². The minimum absolute atomic E-state index is 0.112. The quantitative estimate of drug-likeness (QED) is 0.648. The molecule has 5 heteroatoms. The Kier molecular flexibility index (Phi) is 7.70. The molecule has 0 bridgehead atoms. The summed E-state index contributed by atoms with van der Waals surface area (Å²) in [5.74, 6) is 1.04. The Morgan fingerprint density at radius 1 is 1.27 bits per heavy atom. The lowest BCUT2D eigenvalue weighted by Crippen LogP contribution is -2.53. The molecule has 0 atom stereocenters. The van der Waals surface area contributed by atoms with Crippen molar-refractivity contribution in [3.63, 3.8) is 0 Å². The molecule has 0 unspecified atom stereocenters. The summed E-state index contributed by atoms with van der Waals surface area (Å²) in [6, 6.07) is 8.56. The largest absolute Gasteiger partial charge is 0.488 e. The van der Waals surface area contributed by atoms with Crippen molar-refractivity contribution in [2.75, 3.05) is 19.6 Å². The monoisotopic (exact) mass is 411 g/mol. The number of pyridine rings is 1. The van der Waals surface area contributed by atoms with E-state index in [4.69, 9.17) is 4.74 Å². The predicted octanol–water partition coefficient (Wildman–Crippen LogP) is 4.73. The molecule has 1 aromatic heterocycles. The Morgan fingerprint density at radius 2 is 2.03 bits per heavy atom. The number of aryl methyl sites for hydroxylation is 1. The Labute approximate surface area is 181 Å². The van der Waals surface area contributed by atoms with Gasteiger partial charge in [-0.3, -0.25) is 9.78 Å². The zero-order valence-corrected chi connectivity index (χ0v) is 19.0. The van der Waals surface area contributed by atoms with Gasteiger partial charge in [0.2, 0.25) is 5.91 Å². The van der Waals surface area contributed by atoms with Gasteiger partial charge < -0.3 is 15.0 Å². The van der Waals surface area contributed by atoms with Gasteiger partial charge >= 0.3 is 0 Å². The van der Waals surface area contributed by atoms with Crippen molar-refractivity contribution >= 4 is 16.8 Å². The number of nitrogens with zero attached hydrogens (tertiary/aromatic N) is 2. The Balaban J connectivity index is 1.62. The molecule has 164 valence electrons. The molecule has 0 aliphatic carbocycles. The van der Waals surface area contributed by atoms with Crippen molar-refractivity contribution in [3.8, 4) is 5.75 Å². The van der Waals surface area contributed by atoms with Crippen LogP contribution in [0.3, 0.4) is 0 Å². The molecule has 0 spiro atoms. The molecule has 1 aromatic carbocycles. The van der Waals surface area contributed by atoms with E-state index in [-0.39, 0.29) is 17.6 Å². The average molecular weight is 412 g/mol. The number of hydrogen-bond donors (Lipinski definition) is 1. The van der Waals surface area contributed by atoms with Crippen LogP contribution in [0.15, 0.2) is 30.5 Å². The molecule has 0 saturated carbocycles. The number of ether oxygens (including phenoxy) is 1. The number of rotatable bonds is 9. The first-order valence-electron chi connectivity index (χ1n) is 11.5. The summed E-state index contributed by atoms with van der Waals surface area (Å²) in [6.07, 6.45) is 8.02. The van der Waals surface area contributed by atoms with Gasteiger partial charge in [-0.2, -0.15) is 0 Å². The van der Waals surface area contributed by atoms with Crippen LogP contribution in [0.1, 0.15) is 65.4 Å². The smallest absolute Gasteiger partial charge is 0.220 e. The fourth-order valence-electron chi connectivity index (χ4n) is 4.26. The number of piperidine rings is 1. The lowest BCUT2D eigenvalue weighted by atomic mass is 10.0. The van der Waals surface area contributed by atoms with E-state index in [1.165, 1.54) is 18.4 Å². The number of nitrogens with one attached hydrogen (secondary N) is 1. The third kappa shape index (κ3) is 6.18. The van der Waals surface area contributed by atoms with Gasteiger partial charge in [0.15, 0.2) is 0 Å². The molecule has 1 aliphatic rings. The number of benzene rings is 1. The van der Waals surface area contributed by atoms with E-state index in [1.807, 2.05) is 19.2 Å². The average Bonchev–Trinajstić information content (AvgIpc) is 2.73. The first-order valence-corrected chi connectivity index (χ1v) is 11.5. The Bertz CT molecular complexity index is 841. The van der Waals surface area contributed by atoms with Crippen molar-refractivity contribution in [1.82, 2.24) is 15.2 Å². The van der Waals surface area contributed by atoms with Crippen LogP contribution in [0.4, 0.5) is 0 Å². The number of unbranched alkanes of at least 4 members (excludes halogenated alkanes) is 1. The van der Waals surface area contributed by atoms with Crippen molar-refractivity contribution in [1.29, 1.82) is 0 Å². The lowest BCUT2D eigenvalue weighted by molar-refractivity contribution is -0.122. The third-order valence-electron chi connectivity index (χ3n) is 5.79. The predicted molar refractivity (Wildman–Crippen MR) is 123 cm³/mol. The highest BCUT2D eigenvalue weighted by Gasteiger charge is 2.27. The van der Waals surface area contributed by atoms with E-state index >= 15 is 0 Å². The van der Waals surface area contributed by atoms with Crippen molar-refractivity contribution in [3.05, 3.63) is 36.0 Å². The van der Waals surface area contributed by atoms with Gasteiger partial charge in [0.05, 0.1) is 0 Å². The first kappa shape index (κ1) is 22.5. The van der Waals surface area contributed by atoms with Crippen molar-refractivity contribution in [2.24, 2.45) is 0 Å². The first-order chi connectivity index (χ1) is 14.4. The van der Waals surface area contributed by atoms with Crippen LogP contribution in [0.5, 0.6) is 5.75 Å². The Morgan fingerprint density at radius 3 is 2.73 bits per heavy atom. The molecule has 5 nitrogen and oxygen atoms in total.